The minimum Gasteiger partial charge on any atom is -0.394 e. The summed E-state index contributed by atoms with van der Waals surface area (Å²) in [5, 5.41) is 9.68. The molecule has 0 aromatic heterocycles. The van der Waals surface area contributed by atoms with Gasteiger partial charge < -0.3 is 16.6 Å². The number of rotatable bonds is 3. The zero-order chi connectivity index (χ0) is 10.6. The highest BCUT2D eigenvalue weighted by atomic mass is 35.5. The van der Waals surface area contributed by atoms with E-state index >= 15 is 0 Å². The molecule has 1 aromatic rings. The third kappa shape index (κ3) is 2.90. The third-order valence-corrected chi connectivity index (χ3v) is 1.98. The molecule has 0 amide bonds. The predicted molar refractivity (Wildman–Crippen MR) is 57.1 cm³/mol. The second-order valence-corrected chi connectivity index (χ2v) is 3.24. The normalized spacial score (nSPS) is 12.1. The lowest BCUT2D eigenvalue weighted by Crippen LogP contribution is -2.24. The van der Waals surface area contributed by atoms with Gasteiger partial charge in [-0.2, -0.15) is 0 Å². The molecule has 0 radical (unpaired) electrons. The van der Waals surface area contributed by atoms with Crippen molar-refractivity contribution in [1.82, 2.24) is 0 Å². The first-order valence-electron chi connectivity index (χ1n) is 4.08. The van der Waals surface area contributed by atoms with Gasteiger partial charge >= 0.3 is 0 Å². The van der Waals surface area contributed by atoms with Gasteiger partial charge in [0.15, 0.2) is 5.96 Å². The van der Waals surface area contributed by atoms with Crippen molar-refractivity contribution < 1.29 is 5.11 Å². The van der Waals surface area contributed by atoms with Crippen LogP contribution in [-0.2, 0) is 0 Å². The van der Waals surface area contributed by atoms with E-state index in [1.165, 1.54) is 0 Å². The summed E-state index contributed by atoms with van der Waals surface area (Å²) < 4.78 is 0. The van der Waals surface area contributed by atoms with Gasteiger partial charge in [0.05, 0.1) is 6.61 Å². The largest absolute Gasteiger partial charge is 0.394 e. The summed E-state index contributed by atoms with van der Waals surface area (Å²) in [6, 6.07) is 6.58. The second kappa shape index (κ2) is 4.83. The Bertz CT molecular complexity index is 319. The van der Waals surface area contributed by atoms with Crippen LogP contribution < -0.4 is 11.5 Å². The summed E-state index contributed by atoms with van der Waals surface area (Å²) in [7, 11) is 0. The number of hydrogen-bond donors (Lipinski definition) is 3. The van der Waals surface area contributed by atoms with Gasteiger partial charge in [-0.15, -0.1) is 0 Å². The van der Waals surface area contributed by atoms with Crippen LogP contribution in [0, 0.1) is 0 Å². The molecule has 0 bridgehead atoms. The molecule has 1 unspecified atom stereocenters. The number of nitrogens with two attached hydrogens (primary N) is 2. The lowest BCUT2D eigenvalue weighted by molar-refractivity contribution is 0.269. The summed E-state index contributed by atoms with van der Waals surface area (Å²) in [5.74, 6) is -0.0426. The lowest BCUT2D eigenvalue weighted by atomic mass is 10.1. The second-order valence-electron chi connectivity index (χ2n) is 2.80. The van der Waals surface area contributed by atoms with Gasteiger partial charge in [-0.05, 0) is 17.7 Å². The molecule has 0 saturated heterocycles. The van der Waals surface area contributed by atoms with Crippen LogP contribution in [-0.4, -0.2) is 17.7 Å². The molecule has 1 rings (SSSR count). The average molecular weight is 214 g/mol. The molecule has 1 atom stereocenters. The molecular formula is C9H12ClN3O. The SMILES string of the molecule is NC(N)=NC(CO)c1ccc(Cl)cc1. The maximum atomic E-state index is 9.05. The standard InChI is InChI=1S/C9H12ClN3O/c10-7-3-1-6(2-4-7)8(5-14)13-9(11)12/h1-4,8,14H,5H2,(H4,11,12,13). The molecule has 0 fully saturated rings. The predicted octanol–water partition coefficient (Wildman–Crippen LogP) is 0.647. The fourth-order valence-corrected chi connectivity index (χ4v) is 1.21. The van der Waals surface area contributed by atoms with Crippen LogP contribution >= 0.6 is 11.6 Å². The van der Waals surface area contributed by atoms with Crippen molar-refractivity contribution >= 4 is 17.6 Å². The average Bonchev–Trinajstić information content (AvgIpc) is 2.15. The van der Waals surface area contributed by atoms with Crippen LogP contribution in [0.5, 0.6) is 0 Å². The fourth-order valence-electron chi connectivity index (χ4n) is 1.09. The van der Waals surface area contributed by atoms with Gasteiger partial charge in [-0.3, -0.25) is 0 Å². The Kier molecular flexibility index (Phi) is 3.73. The van der Waals surface area contributed by atoms with E-state index in [1.54, 1.807) is 24.3 Å². The molecule has 0 spiro atoms. The number of nitrogens with zero attached hydrogens (tertiary/aromatic N) is 1. The van der Waals surface area contributed by atoms with E-state index in [1.807, 2.05) is 0 Å². The summed E-state index contributed by atoms with van der Waals surface area (Å²) in [5.41, 5.74) is 11.3. The maximum absolute atomic E-state index is 9.05. The topological polar surface area (TPSA) is 84.6 Å². The quantitative estimate of drug-likeness (QED) is 0.509. The van der Waals surface area contributed by atoms with E-state index in [2.05, 4.69) is 4.99 Å². The van der Waals surface area contributed by atoms with Crippen molar-refractivity contribution in [3.63, 3.8) is 0 Å². The third-order valence-electron chi connectivity index (χ3n) is 1.73. The Labute approximate surface area is 87.2 Å². The monoisotopic (exact) mass is 213 g/mol. The van der Waals surface area contributed by atoms with Gasteiger partial charge in [-0.25, -0.2) is 4.99 Å². The van der Waals surface area contributed by atoms with E-state index in [9.17, 15) is 0 Å². The van der Waals surface area contributed by atoms with Crippen molar-refractivity contribution in [3.05, 3.63) is 34.9 Å². The first kappa shape index (κ1) is 10.8. The molecular weight excluding hydrogens is 202 g/mol. The molecule has 76 valence electrons. The fraction of sp³-hybridized carbons (Fsp3) is 0.222. The molecule has 14 heavy (non-hydrogen) atoms. The van der Waals surface area contributed by atoms with Crippen LogP contribution in [0.15, 0.2) is 29.3 Å². The Morgan fingerprint density at radius 2 is 1.93 bits per heavy atom. The minimum absolute atomic E-state index is 0.0426. The molecule has 0 aliphatic carbocycles. The van der Waals surface area contributed by atoms with Crippen LogP contribution in [0.25, 0.3) is 0 Å². The molecule has 5 heteroatoms. The minimum atomic E-state index is -0.419. The van der Waals surface area contributed by atoms with Crippen molar-refractivity contribution in [2.45, 2.75) is 6.04 Å². The number of hydrogen-bond acceptors (Lipinski definition) is 2. The number of benzene rings is 1. The molecule has 0 aliphatic rings. The zero-order valence-electron chi connectivity index (χ0n) is 7.52. The Morgan fingerprint density at radius 3 is 2.36 bits per heavy atom. The highest BCUT2D eigenvalue weighted by molar-refractivity contribution is 6.30. The summed E-state index contributed by atoms with van der Waals surface area (Å²) in [4.78, 5) is 3.87. The Hall–Kier alpha value is -1.26. The summed E-state index contributed by atoms with van der Waals surface area (Å²) >= 11 is 5.72. The lowest BCUT2D eigenvalue weighted by Gasteiger charge is -2.09. The van der Waals surface area contributed by atoms with E-state index in [0.717, 1.165) is 5.56 Å². The van der Waals surface area contributed by atoms with Crippen LogP contribution in [0.2, 0.25) is 5.02 Å². The van der Waals surface area contributed by atoms with Gasteiger partial charge in [0.2, 0.25) is 0 Å². The number of aliphatic hydroxyl groups excluding tert-OH is 1. The summed E-state index contributed by atoms with van der Waals surface area (Å²) in [6.45, 7) is -0.139. The number of halogens is 1. The smallest absolute Gasteiger partial charge is 0.186 e. The van der Waals surface area contributed by atoms with E-state index in [-0.39, 0.29) is 12.6 Å². The maximum Gasteiger partial charge on any atom is 0.186 e. The van der Waals surface area contributed by atoms with Gasteiger partial charge in [0.25, 0.3) is 0 Å². The van der Waals surface area contributed by atoms with Crippen molar-refractivity contribution in [3.8, 4) is 0 Å². The van der Waals surface area contributed by atoms with Crippen LogP contribution in [0.4, 0.5) is 0 Å². The number of aliphatic imine (C=N–C) groups is 1. The molecule has 1 aromatic carbocycles. The van der Waals surface area contributed by atoms with Crippen LogP contribution in [0.3, 0.4) is 0 Å². The van der Waals surface area contributed by atoms with E-state index in [4.69, 9.17) is 28.2 Å². The Balaban J connectivity index is 2.90. The van der Waals surface area contributed by atoms with E-state index in [0.29, 0.717) is 5.02 Å². The van der Waals surface area contributed by atoms with Gasteiger partial charge in [-0.1, -0.05) is 23.7 Å². The Morgan fingerprint density at radius 1 is 1.36 bits per heavy atom. The first-order chi connectivity index (χ1) is 6.63. The molecule has 0 aliphatic heterocycles. The van der Waals surface area contributed by atoms with Gasteiger partial charge in [0, 0.05) is 5.02 Å². The van der Waals surface area contributed by atoms with Gasteiger partial charge in [0.1, 0.15) is 6.04 Å². The van der Waals surface area contributed by atoms with Crippen LogP contribution in [0.1, 0.15) is 11.6 Å². The zero-order valence-corrected chi connectivity index (χ0v) is 8.28. The number of guanidine groups is 1. The van der Waals surface area contributed by atoms with Crippen molar-refractivity contribution in [2.24, 2.45) is 16.5 Å². The van der Waals surface area contributed by atoms with Crippen molar-refractivity contribution in [1.29, 1.82) is 0 Å². The highest BCUT2D eigenvalue weighted by Gasteiger charge is 2.08. The van der Waals surface area contributed by atoms with Crippen molar-refractivity contribution in [2.75, 3.05) is 6.61 Å². The summed E-state index contributed by atoms with van der Waals surface area (Å²) in [6.07, 6.45) is 0. The molecule has 5 N–H and O–H groups in total. The molecule has 4 nitrogen and oxygen atoms in total. The highest BCUT2D eigenvalue weighted by Crippen LogP contribution is 2.18. The first-order valence-corrected chi connectivity index (χ1v) is 4.46. The number of aliphatic hydroxyl groups is 1. The molecule has 0 saturated carbocycles. The van der Waals surface area contributed by atoms with E-state index < -0.39 is 6.04 Å². The molecule has 0 heterocycles.